The highest BCUT2D eigenvalue weighted by Gasteiger charge is 2.49. The minimum atomic E-state index is -4.79. The number of rotatable bonds is 2. The van der Waals surface area contributed by atoms with Crippen LogP contribution in [0.25, 0.3) is 16.1 Å². The molecule has 0 spiro atoms. The number of hydrogen-bond donors (Lipinski definition) is 0. The number of carbonyl (C=O) groups is 1. The Morgan fingerprint density at radius 2 is 1.96 bits per heavy atom. The summed E-state index contributed by atoms with van der Waals surface area (Å²) in [5.41, 5.74) is 6.66. The summed E-state index contributed by atoms with van der Waals surface area (Å²) in [6, 6.07) is 7.21. The fraction of sp³-hybridized carbons (Fsp3) is 0.375. The molecule has 9 heteroatoms. The van der Waals surface area contributed by atoms with Crippen LogP contribution >= 0.6 is 0 Å². The molecule has 1 aromatic heterocycles. The minimum Gasteiger partial charge on any atom is -0.294 e. The molecule has 1 aliphatic rings. The van der Waals surface area contributed by atoms with E-state index in [-0.39, 0.29) is 12.1 Å². The summed E-state index contributed by atoms with van der Waals surface area (Å²) in [4.78, 5) is 15.3. The van der Waals surface area contributed by atoms with E-state index >= 15 is 0 Å². The summed E-state index contributed by atoms with van der Waals surface area (Å²) >= 11 is 0. The predicted molar refractivity (Wildman–Crippen MR) is 83.2 cm³/mol. The number of aromatic nitrogens is 2. The molecule has 0 radical (unpaired) electrons. The summed E-state index contributed by atoms with van der Waals surface area (Å²) in [5, 5.41) is 7.36. The van der Waals surface area contributed by atoms with E-state index in [0.717, 1.165) is 4.68 Å². The van der Waals surface area contributed by atoms with Crippen molar-refractivity contribution >= 4 is 5.78 Å². The number of alkyl halides is 3. The highest BCUT2D eigenvalue weighted by Crippen LogP contribution is 2.49. The van der Waals surface area contributed by atoms with Gasteiger partial charge in [-0.25, -0.2) is 4.68 Å². The fourth-order valence-electron chi connectivity index (χ4n) is 3.15. The molecule has 25 heavy (non-hydrogen) atoms. The Balaban J connectivity index is 2.40. The lowest BCUT2D eigenvalue weighted by Gasteiger charge is -2.35. The molecule has 3 rings (SSSR count). The van der Waals surface area contributed by atoms with Gasteiger partial charge in [-0.15, -0.1) is 0 Å². The maximum Gasteiger partial charge on any atom is 0.435 e. The van der Waals surface area contributed by atoms with Crippen LogP contribution in [0.4, 0.5) is 13.2 Å². The summed E-state index contributed by atoms with van der Waals surface area (Å²) in [7, 11) is 0. The zero-order valence-corrected chi connectivity index (χ0v) is 13.4. The zero-order valence-electron chi connectivity index (χ0n) is 13.4. The second-order valence-corrected chi connectivity index (χ2v) is 6.55. The number of para-hydroxylation sites is 1. The molecule has 0 fully saturated rings. The third-order valence-corrected chi connectivity index (χ3v) is 4.25. The van der Waals surface area contributed by atoms with Crippen LogP contribution in [0.15, 0.2) is 35.4 Å². The standard InChI is InChI=1S/C16H14F3N5O/c1-15(2)8-10(25)11-12(14(15)21-23-20)24(9-6-4-3-5-7-9)22-13(11)16(17,18)19/h3-7,14H,8H2,1-2H3. The first kappa shape index (κ1) is 17.0. The maximum atomic E-state index is 13.5. The maximum absolute atomic E-state index is 13.5. The number of nitrogens with zero attached hydrogens (tertiary/aromatic N) is 5. The Morgan fingerprint density at radius 3 is 2.52 bits per heavy atom. The van der Waals surface area contributed by atoms with Crippen molar-refractivity contribution in [3.8, 4) is 5.69 Å². The number of Topliss-reactive ketones (excluding diaryl/α,β-unsaturated/α-hetero) is 1. The van der Waals surface area contributed by atoms with Crippen LogP contribution in [0.5, 0.6) is 0 Å². The number of hydrogen-bond acceptors (Lipinski definition) is 3. The van der Waals surface area contributed by atoms with E-state index in [1.165, 1.54) is 0 Å². The van der Waals surface area contributed by atoms with Crippen molar-refractivity contribution in [2.75, 3.05) is 0 Å². The van der Waals surface area contributed by atoms with Crippen molar-refractivity contribution in [1.29, 1.82) is 0 Å². The Labute approximate surface area is 140 Å². The number of halogens is 3. The van der Waals surface area contributed by atoms with E-state index in [4.69, 9.17) is 5.53 Å². The van der Waals surface area contributed by atoms with E-state index in [1.54, 1.807) is 44.2 Å². The molecule has 1 unspecified atom stereocenters. The number of ketones is 1. The van der Waals surface area contributed by atoms with Crippen molar-refractivity contribution < 1.29 is 18.0 Å². The van der Waals surface area contributed by atoms with Crippen LogP contribution in [-0.2, 0) is 6.18 Å². The van der Waals surface area contributed by atoms with Gasteiger partial charge in [0.25, 0.3) is 0 Å². The molecule has 0 N–H and O–H groups in total. The van der Waals surface area contributed by atoms with Crippen molar-refractivity contribution in [2.24, 2.45) is 10.5 Å². The second-order valence-electron chi connectivity index (χ2n) is 6.55. The molecule has 2 aromatic rings. The minimum absolute atomic E-state index is 0.0161. The smallest absolute Gasteiger partial charge is 0.294 e. The molecule has 0 amide bonds. The van der Waals surface area contributed by atoms with E-state index < -0.39 is 34.7 Å². The van der Waals surface area contributed by atoms with Crippen molar-refractivity contribution in [3.63, 3.8) is 0 Å². The van der Waals surface area contributed by atoms with Crippen molar-refractivity contribution in [3.05, 3.63) is 57.7 Å². The Morgan fingerprint density at radius 1 is 1.32 bits per heavy atom. The number of azide groups is 1. The lowest BCUT2D eigenvalue weighted by atomic mass is 9.72. The normalized spacial score (nSPS) is 19.2. The first-order chi connectivity index (χ1) is 11.7. The molecule has 1 atom stereocenters. The van der Waals surface area contributed by atoms with Crippen LogP contribution < -0.4 is 0 Å². The number of carbonyl (C=O) groups excluding carboxylic acids is 1. The molecule has 6 nitrogen and oxygen atoms in total. The third kappa shape index (κ3) is 2.76. The average Bonchev–Trinajstić information content (AvgIpc) is 2.92. The van der Waals surface area contributed by atoms with Gasteiger partial charge in [0.15, 0.2) is 11.5 Å². The van der Waals surface area contributed by atoms with Gasteiger partial charge in [0.1, 0.15) is 0 Å². The van der Waals surface area contributed by atoms with E-state index in [1.807, 2.05) is 0 Å². The molecule has 0 bridgehead atoms. The lowest BCUT2D eigenvalue weighted by molar-refractivity contribution is -0.141. The Kier molecular flexibility index (Phi) is 3.84. The second kappa shape index (κ2) is 5.63. The van der Waals surface area contributed by atoms with Gasteiger partial charge in [-0.1, -0.05) is 37.2 Å². The van der Waals surface area contributed by atoms with Gasteiger partial charge in [-0.3, -0.25) is 4.79 Å². The summed E-state index contributed by atoms with van der Waals surface area (Å²) < 4.78 is 41.4. The van der Waals surface area contributed by atoms with E-state index in [9.17, 15) is 18.0 Å². The van der Waals surface area contributed by atoms with Gasteiger partial charge in [-0.05, 0) is 23.1 Å². The predicted octanol–water partition coefficient (Wildman–Crippen LogP) is 4.86. The number of fused-ring (bicyclic) bond motifs is 1. The quantitative estimate of drug-likeness (QED) is 0.441. The van der Waals surface area contributed by atoms with Crippen LogP contribution in [0, 0.1) is 5.41 Å². The molecular formula is C16H14F3N5O. The Bertz CT molecular complexity index is 879. The zero-order chi connectivity index (χ0) is 18.4. The van der Waals surface area contributed by atoms with Crippen LogP contribution in [0.1, 0.15) is 48.1 Å². The first-order valence-corrected chi connectivity index (χ1v) is 7.50. The summed E-state index contributed by atoms with van der Waals surface area (Å²) in [5.74, 6) is -0.654. The van der Waals surface area contributed by atoms with Gasteiger partial charge in [0, 0.05) is 11.3 Å². The molecule has 130 valence electrons. The molecule has 1 aromatic carbocycles. The largest absolute Gasteiger partial charge is 0.435 e. The van der Waals surface area contributed by atoms with Gasteiger partial charge >= 0.3 is 6.18 Å². The molecule has 0 aliphatic heterocycles. The Hall–Kier alpha value is -2.80. The lowest BCUT2D eigenvalue weighted by Crippen LogP contribution is -2.32. The van der Waals surface area contributed by atoms with Crippen LogP contribution in [-0.4, -0.2) is 15.6 Å². The molecule has 0 saturated carbocycles. The van der Waals surface area contributed by atoms with E-state index in [0.29, 0.717) is 5.69 Å². The topological polar surface area (TPSA) is 83.7 Å². The SMILES string of the molecule is CC1(C)CC(=O)c2c(C(F)(F)F)nn(-c3ccccc3)c2C1N=[N+]=[N-]. The third-order valence-electron chi connectivity index (χ3n) is 4.25. The van der Waals surface area contributed by atoms with Crippen molar-refractivity contribution in [2.45, 2.75) is 32.5 Å². The number of benzene rings is 1. The van der Waals surface area contributed by atoms with E-state index in [2.05, 4.69) is 15.1 Å². The monoisotopic (exact) mass is 349 g/mol. The molecule has 1 heterocycles. The van der Waals surface area contributed by atoms with Crippen molar-refractivity contribution in [1.82, 2.24) is 9.78 Å². The summed E-state index contributed by atoms with van der Waals surface area (Å²) in [6.45, 7) is 3.37. The summed E-state index contributed by atoms with van der Waals surface area (Å²) in [6.07, 6.45) is -4.95. The van der Waals surface area contributed by atoms with Crippen LogP contribution in [0.3, 0.4) is 0 Å². The fourth-order valence-corrected chi connectivity index (χ4v) is 3.15. The first-order valence-electron chi connectivity index (χ1n) is 7.50. The average molecular weight is 349 g/mol. The highest BCUT2D eigenvalue weighted by atomic mass is 19.4. The van der Waals surface area contributed by atoms with Gasteiger partial charge in [-0.2, -0.15) is 18.3 Å². The van der Waals surface area contributed by atoms with Crippen LogP contribution in [0.2, 0.25) is 0 Å². The van der Waals surface area contributed by atoms with Gasteiger partial charge in [0.05, 0.1) is 23.0 Å². The molecule has 1 aliphatic carbocycles. The highest BCUT2D eigenvalue weighted by molar-refractivity contribution is 6.00. The van der Waals surface area contributed by atoms with Gasteiger partial charge in [0.2, 0.25) is 0 Å². The van der Waals surface area contributed by atoms with Gasteiger partial charge < -0.3 is 0 Å². The molecular weight excluding hydrogens is 335 g/mol. The molecule has 0 saturated heterocycles.